The minimum Gasteiger partial charge on any atom is -0.345 e. The largest absolute Gasteiger partial charge is 0.345 e. The van der Waals surface area contributed by atoms with Crippen molar-refractivity contribution < 1.29 is 4.79 Å². The van der Waals surface area contributed by atoms with Crippen LogP contribution in [0.2, 0.25) is 0 Å². The zero-order valence-electron chi connectivity index (χ0n) is 18.2. The summed E-state index contributed by atoms with van der Waals surface area (Å²) in [6.07, 6.45) is 9.35. The molecule has 0 N–H and O–H groups in total. The van der Waals surface area contributed by atoms with Crippen molar-refractivity contribution in [1.29, 1.82) is 0 Å². The van der Waals surface area contributed by atoms with E-state index in [-0.39, 0.29) is 11.9 Å². The van der Waals surface area contributed by atoms with Gasteiger partial charge in [-0.05, 0) is 31.4 Å². The Morgan fingerprint density at radius 2 is 2.03 bits per heavy atom. The minimum absolute atomic E-state index is 0.0347. The number of fused-ring (bicyclic) bond motifs is 3. The van der Waals surface area contributed by atoms with E-state index in [1.54, 1.807) is 25.3 Å². The molecular formula is C23H27N7O. The molecule has 1 fully saturated rings. The molecule has 8 nitrogen and oxygen atoms in total. The van der Waals surface area contributed by atoms with Crippen molar-refractivity contribution >= 4 is 11.7 Å². The number of rotatable bonds is 4. The quantitative estimate of drug-likeness (QED) is 0.645. The zero-order chi connectivity index (χ0) is 21.5. The van der Waals surface area contributed by atoms with Crippen molar-refractivity contribution in [2.75, 3.05) is 19.0 Å². The summed E-state index contributed by atoms with van der Waals surface area (Å²) >= 11 is 0. The van der Waals surface area contributed by atoms with Crippen molar-refractivity contribution in [1.82, 2.24) is 29.6 Å². The maximum absolute atomic E-state index is 12.4. The Bertz CT molecular complexity index is 1120. The normalized spacial score (nSPS) is 18.0. The Labute approximate surface area is 181 Å². The summed E-state index contributed by atoms with van der Waals surface area (Å²) < 4.78 is 2.02. The summed E-state index contributed by atoms with van der Waals surface area (Å²) in [5.74, 6) is 2.48. The molecule has 31 heavy (non-hydrogen) atoms. The Balaban J connectivity index is 1.63. The van der Waals surface area contributed by atoms with Crippen LogP contribution in [0.5, 0.6) is 0 Å². The van der Waals surface area contributed by atoms with E-state index in [1.807, 2.05) is 35.0 Å². The third kappa shape index (κ3) is 3.26. The van der Waals surface area contributed by atoms with Crippen LogP contribution >= 0.6 is 0 Å². The second kappa shape index (κ2) is 7.76. The molecule has 1 aliphatic heterocycles. The van der Waals surface area contributed by atoms with E-state index in [9.17, 15) is 4.79 Å². The molecule has 1 unspecified atom stereocenters. The van der Waals surface area contributed by atoms with Gasteiger partial charge >= 0.3 is 0 Å². The fourth-order valence-electron chi connectivity index (χ4n) is 4.83. The van der Waals surface area contributed by atoms with Gasteiger partial charge in [-0.25, -0.2) is 9.97 Å². The van der Waals surface area contributed by atoms with Gasteiger partial charge in [0.2, 0.25) is 0 Å². The molecule has 8 heteroatoms. The molecule has 0 spiro atoms. The number of carbonyl (C=O) groups is 1. The van der Waals surface area contributed by atoms with Crippen LogP contribution in [-0.2, 0) is 0 Å². The van der Waals surface area contributed by atoms with Crippen LogP contribution in [0.3, 0.4) is 0 Å². The summed E-state index contributed by atoms with van der Waals surface area (Å²) in [5, 5.41) is 8.61. The van der Waals surface area contributed by atoms with Crippen LogP contribution < -0.4 is 4.90 Å². The second-order valence-electron chi connectivity index (χ2n) is 8.51. The first-order chi connectivity index (χ1) is 15.1. The van der Waals surface area contributed by atoms with Crippen LogP contribution in [0, 0.1) is 0 Å². The summed E-state index contributed by atoms with van der Waals surface area (Å²) in [5.41, 5.74) is 2.38. The number of amides is 1. The lowest BCUT2D eigenvalue weighted by atomic mass is 10.0. The van der Waals surface area contributed by atoms with E-state index in [1.165, 1.54) is 12.8 Å². The number of aromatic nitrogens is 5. The van der Waals surface area contributed by atoms with Crippen molar-refractivity contribution in [3.63, 3.8) is 0 Å². The molecule has 2 aliphatic rings. The maximum Gasteiger partial charge on any atom is 0.253 e. The molecular weight excluding hydrogens is 390 g/mol. The molecule has 3 heterocycles. The number of hydrogen-bond acceptors (Lipinski definition) is 6. The molecule has 160 valence electrons. The Hall–Kier alpha value is -3.29. The maximum atomic E-state index is 12.4. The number of hydrogen-bond donors (Lipinski definition) is 0. The molecule has 1 saturated carbocycles. The van der Waals surface area contributed by atoms with Gasteiger partial charge in [-0.2, -0.15) is 0 Å². The number of nitrogens with zero attached hydrogens (tertiary/aromatic N) is 7. The number of benzene rings is 1. The smallest absolute Gasteiger partial charge is 0.253 e. The highest BCUT2D eigenvalue weighted by Crippen LogP contribution is 2.42. The first-order valence-corrected chi connectivity index (χ1v) is 11.0. The van der Waals surface area contributed by atoms with Crippen LogP contribution in [0.15, 0.2) is 36.8 Å². The predicted molar refractivity (Wildman–Crippen MR) is 118 cm³/mol. The fraction of sp³-hybridized carbons (Fsp3) is 0.435. The van der Waals surface area contributed by atoms with Gasteiger partial charge in [0.25, 0.3) is 5.91 Å². The highest BCUT2D eigenvalue weighted by Gasteiger charge is 2.38. The lowest BCUT2D eigenvalue weighted by Gasteiger charge is -2.40. The van der Waals surface area contributed by atoms with Crippen molar-refractivity contribution in [3.8, 4) is 17.1 Å². The predicted octanol–water partition coefficient (Wildman–Crippen LogP) is 3.64. The first-order valence-electron chi connectivity index (χ1n) is 11.0. The molecule has 3 aromatic rings. The van der Waals surface area contributed by atoms with E-state index >= 15 is 0 Å². The van der Waals surface area contributed by atoms with Gasteiger partial charge in [-0.3, -0.25) is 9.36 Å². The van der Waals surface area contributed by atoms with Gasteiger partial charge in [0.1, 0.15) is 12.0 Å². The molecule has 0 saturated heterocycles. The molecule has 1 aliphatic carbocycles. The monoisotopic (exact) mass is 417 g/mol. The topological polar surface area (TPSA) is 80.0 Å². The molecule has 1 atom stereocenters. The van der Waals surface area contributed by atoms with E-state index in [0.717, 1.165) is 42.2 Å². The molecule has 0 bridgehead atoms. The van der Waals surface area contributed by atoms with E-state index in [2.05, 4.69) is 27.0 Å². The molecule has 5 rings (SSSR count). The molecule has 2 aromatic heterocycles. The Kier molecular flexibility index (Phi) is 4.92. The molecule has 1 amide bonds. The average Bonchev–Trinajstić information content (AvgIpc) is 3.49. The fourth-order valence-corrected chi connectivity index (χ4v) is 4.83. The van der Waals surface area contributed by atoms with Crippen LogP contribution in [0.25, 0.3) is 17.1 Å². The number of carbonyl (C=O) groups excluding carboxylic acids is 1. The first kappa shape index (κ1) is 19.7. The zero-order valence-corrected chi connectivity index (χ0v) is 18.2. The van der Waals surface area contributed by atoms with Gasteiger partial charge in [0.05, 0.1) is 12.2 Å². The standard InChI is InChI=1S/C23H27N7O/c1-4-18-22-27-25-14-29(22)19-13-24-20(26-21(19)30(18)17-10-5-6-11-17)15-8-7-9-16(12-15)23(31)28(2)3/h7-9,12-14,17-18H,4-6,10-11H2,1-3H3. The van der Waals surface area contributed by atoms with Gasteiger partial charge in [-0.15, -0.1) is 10.2 Å². The SMILES string of the molecule is CCC1c2nncn2-c2cnc(-c3cccc(C(=O)N(C)C)c3)nc2N1C1CCCC1. The Morgan fingerprint density at radius 3 is 2.77 bits per heavy atom. The number of anilines is 1. The van der Waals surface area contributed by atoms with Gasteiger partial charge < -0.3 is 9.80 Å². The van der Waals surface area contributed by atoms with Gasteiger partial charge in [-0.1, -0.05) is 31.9 Å². The van der Waals surface area contributed by atoms with Gasteiger partial charge in [0.15, 0.2) is 17.5 Å². The minimum atomic E-state index is -0.0347. The van der Waals surface area contributed by atoms with Crippen LogP contribution in [0.4, 0.5) is 5.82 Å². The van der Waals surface area contributed by atoms with Crippen molar-refractivity contribution in [3.05, 3.63) is 48.2 Å². The lowest BCUT2D eigenvalue weighted by molar-refractivity contribution is 0.0827. The molecule has 0 radical (unpaired) electrons. The third-order valence-corrected chi connectivity index (χ3v) is 6.34. The third-order valence-electron chi connectivity index (χ3n) is 6.34. The lowest BCUT2D eigenvalue weighted by Crippen LogP contribution is -2.42. The highest BCUT2D eigenvalue weighted by atomic mass is 16.2. The Morgan fingerprint density at radius 1 is 1.23 bits per heavy atom. The van der Waals surface area contributed by atoms with E-state index < -0.39 is 0 Å². The van der Waals surface area contributed by atoms with Crippen LogP contribution in [-0.4, -0.2) is 55.7 Å². The summed E-state index contributed by atoms with van der Waals surface area (Å²) in [4.78, 5) is 26.2. The van der Waals surface area contributed by atoms with E-state index in [0.29, 0.717) is 17.4 Å². The van der Waals surface area contributed by atoms with Crippen LogP contribution in [0.1, 0.15) is 61.3 Å². The summed E-state index contributed by atoms with van der Waals surface area (Å²) in [7, 11) is 3.51. The summed E-state index contributed by atoms with van der Waals surface area (Å²) in [6, 6.07) is 8.12. The van der Waals surface area contributed by atoms with Gasteiger partial charge in [0, 0.05) is 31.3 Å². The highest BCUT2D eigenvalue weighted by molar-refractivity contribution is 5.95. The van der Waals surface area contributed by atoms with Crippen molar-refractivity contribution in [2.45, 2.75) is 51.1 Å². The summed E-state index contributed by atoms with van der Waals surface area (Å²) in [6.45, 7) is 2.19. The second-order valence-corrected chi connectivity index (χ2v) is 8.51. The van der Waals surface area contributed by atoms with Crippen molar-refractivity contribution in [2.24, 2.45) is 0 Å². The van der Waals surface area contributed by atoms with E-state index in [4.69, 9.17) is 4.98 Å². The average molecular weight is 418 g/mol. The molecule has 1 aromatic carbocycles.